The average molecular weight is 265 g/mol. The molecule has 0 saturated heterocycles. The average Bonchev–Trinajstić information content (AvgIpc) is 2.83. The van der Waals surface area contributed by atoms with Gasteiger partial charge in [-0.3, -0.25) is 4.90 Å². The predicted octanol–water partition coefficient (Wildman–Crippen LogP) is 3.17. The molecular formula is C16H31N3. The van der Waals surface area contributed by atoms with Gasteiger partial charge in [0.05, 0.1) is 6.07 Å². The van der Waals surface area contributed by atoms with E-state index in [1.165, 1.54) is 12.8 Å². The first-order valence-corrected chi connectivity index (χ1v) is 7.87. The number of rotatable bonds is 7. The lowest BCUT2D eigenvalue weighted by atomic mass is 9.98. The highest BCUT2D eigenvalue weighted by Crippen LogP contribution is 2.34. The molecule has 19 heavy (non-hydrogen) atoms. The van der Waals surface area contributed by atoms with E-state index in [1.807, 2.05) is 7.05 Å². The van der Waals surface area contributed by atoms with E-state index in [2.05, 4.69) is 44.0 Å². The van der Waals surface area contributed by atoms with Crippen LogP contribution in [0.25, 0.3) is 0 Å². The molecule has 1 aliphatic carbocycles. The Kier molecular flexibility index (Phi) is 6.29. The van der Waals surface area contributed by atoms with E-state index in [0.717, 1.165) is 25.8 Å². The van der Waals surface area contributed by atoms with Crippen LogP contribution in [0.1, 0.15) is 59.8 Å². The molecule has 2 unspecified atom stereocenters. The molecule has 1 fully saturated rings. The van der Waals surface area contributed by atoms with Crippen LogP contribution in [0.5, 0.6) is 0 Å². The van der Waals surface area contributed by atoms with Gasteiger partial charge in [-0.1, -0.05) is 27.7 Å². The summed E-state index contributed by atoms with van der Waals surface area (Å²) in [5.74, 6) is 0.687. The van der Waals surface area contributed by atoms with Gasteiger partial charge in [-0.25, -0.2) is 0 Å². The Morgan fingerprint density at radius 2 is 2.00 bits per heavy atom. The van der Waals surface area contributed by atoms with E-state index in [1.54, 1.807) is 0 Å². The number of nitrogens with zero attached hydrogens (tertiary/aromatic N) is 2. The lowest BCUT2D eigenvalue weighted by molar-refractivity contribution is 0.108. The second-order valence-electron chi connectivity index (χ2n) is 6.40. The van der Waals surface area contributed by atoms with Crippen LogP contribution in [0.2, 0.25) is 0 Å². The van der Waals surface area contributed by atoms with Crippen LogP contribution >= 0.6 is 0 Å². The second-order valence-corrected chi connectivity index (χ2v) is 6.40. The Balaban J connectivity index is 2.80. The van der Waals surface area contributed by atoms with E-state index in [-0.39, 0.29) is 5.54 Å². The Hall–Kier alpha value is -0.590. The standard InChI is InChI=1S/C16H31N3/c1-6-14(7-2)19(11-13(3)4)15-8-9-16(10-15,12-17)18-5/h13-15,18H,6-11H2,1-5H3. The van der Waals surface area contributed by atoms with Crippen molar-refractivity contribution in [3.05, 3.63) is 0 Å². The maximum absolute atomic E-state index is 9.42. The van der Waals surface area contributed by atoms with Crippen molar-refractivity contribution in [1.82, 2.24) is 10.2 Å². The summed E-state index contributed by atoms with van der Waals surface area (Å²) in [5.41, 5.74) is -0.286. The molecule has 1 aliphatic rings. The van der Waals surface area contributed by atoms with Crippen LogP contribution in [0.4, 0.5) is 0 Å². The van der Waals surface area contributed by atoms with Crippen LogP contribution in [0.3, 0.4) is 0 Å². The Bertz CT molecular complexity index is 304. The van der Waals surface area contributed by atoms with Gasteiger partial charge >= 0.3 is 0 Å². The first-order valence-electron chi connectivity index (χ1n) is 7.87. The van der Waals surface area contributed by atoms with E-state index < -0.39 is 0 Å². The first-order chi connectivity index (χ1) is 9.01. The zero-order chi connectivity index (χ0) is 14.5. The number of nitrogens with one attached hydrogen (secondary N) is 1. The largest absolute Gasteiger partial charge is 0.302 e. The summed E-state index contributed by atoms with van der Waals surface area (Å²) in [4.78, 5) is 2.68. The van der Waals surface area contributed by atoms with Crippen molar-refractivity contribution in [2.45, 2.75) is 77.4 Å². The third-order valence-corrected chi connectivity index (χ3v) is 4.64. The minimum absolute atomic E-state index is 0.286. The Morgan fingerprint density at radius 1 is 1.37 bits per heavy atom. The molecule has 0 aromatic heterocycles. The van der Waals surface area contributed by atoms with Gasteiger partial charge in [0.1, 0.15) is 5.54 Å². The summed E-state index contributed by atoms with van der Waals surface area (Å²) in [6.45, 7) is 10.3. The topological polar surface area (TPSA) is 39.1 Å². The minimum Gasteiger partial charge on any atom is -0.302 e. The van der Waals surface area contributed by atoms with Crippen molar-refractivity contribution in [1.29, 1.82) is 5.26 Å². The highest BCUT2D eigenvalue weighted by atomic mass is 15.2. The Morgan fingerprint density at radius 3 is 2.37 bits per heavy atom. The third kappa shape index (κ3) is 3.94. The molecule has 1 N–H and O–H groups in total. The lowest BCUT2D eigenvalue weighted by Gasteiger charge is -2.37. The fourth-order valence-electron chi connectivity index (χ4n) is 3.46. The van der Waals surface area contributed by atoms with Crippen molar-refractivity contribution in [2.24, 2.45) is 5.92 Å². The smallest absolute Gasteiger partial charge is 0.108 e. The highest BCUT2D eigenvalue weighted by Gasteiger charge is 2.41. The summed E-state index contributed by atoms with van der Waals surface area (Å²) < 4.78 is 0. The van der Waals surface area contributed by atoms with Gasteiger partial charge in [-0.2, -0.15) is 5.26 Å². The van der Waals surface area contributed by atoms with E-state index in [0.29, 0.717) is 18.0 Å². The van der Waals surface area contributed by atoms with Gasteiger partial charge in [0.25, 0.3) is 0 Å². The van der Waals surface area contributed by atoms with Crippen molar-refractivity contribution in [2.75, 3.05) is 13.6 Å². The normalized spacial score (nSPS) is 27.4. The zero-order valence-corrected chi connectivity index (χ0v) is 13.4. The maximum atomic E-state index is 9.42. The fourth-order valence-corrected chi connectivity index (χ4v) is 3.46. The van der Waals surface area contributed by atoms with Gasteiger partial charge in [0.15, 0.2) is 0 Å². The summed E-state index contributed by atoms with van der Waals surface area (Å²) in [5, 5.41) is 12.7. The van der Waals surface area contributed by atoms with Gasteiger partial charge in [0.2, 0.25) is 0 Å². The summed E-state index contributed by atoms with van der Waals surface area (Å²) in [7, 11) is 1.93. The molecule has 0 bridgehead atoms. The molecule has 0 aromatic rings. The van der Waals surface area contributed by atoms with Gasteiger partial charge in [-0.05, 0) is 45.1 Å². The molecule has 0 aromatic carbocycles. The third-order valence-electron chi connectivity index (χ3n) is 4.64. The van der Waals surface area contributed by atoms with Gasteiger partial charge in [0, 0.05) is 18.6 Å². The molecule has 3 heteroatoms. The molecule has 0 spiro atoms. The summed E-state index contributed by atoms with van der Waals surface area (Å²) in [6.07, 6.45) is 5.53. The number of hydrogen-bond donors (Lipinski definition) is 1. The minimum atomic E-state index is -0.286. The predicted molar refractivity (Wildman–Crippen MR) is 81.0 cm³/mol. The lowest BCUT2D eigenvalue weighted by Crippen LogP contribution is -2.46. The van der Waals surface area contributed by atoms with Crippen molar-refractivity contribution in [3.63, 3.8) is 0 Å². The maximum Gasteiger partial charge on any atom is 0.108 e. The van der Waals surface area contributed by atoms with E-state index >= 15 is 0 Å². The molecule has 0 aliphatic heterocycles. The van der Waals surface area contributed by atoms with Crippen molar-refractivity contribution >= 4 is 0 Å². The first kappa shape index (κ1) is 16.5. The molecule has 110 valence electrons. The number of nitriles is 1. The molecule has 0 amide bonds. The summed E-state index contributed by atoms with van der Waals surface area (Å²) >= 11 is 0. The second kappa shape index (κ2) is 7.26. The van der Waals surface area contributed by atoms with Crippen LogP contribution in [0.15, 0.2) is 0 Å². The zero-order valence-electron chi connectivity index (χ0n) is 13.4. The molecule has 3 nitrogen and oxygen atoms in total. The molecule has 0 heterocycles. The monoisotopic (exact) mass is 265 g/mol. The van der Waals surface area contributed by atoms with Crippen LogP contribution < -0.4 is 5.32 Å². The number of hydrogen-bond acceptors (Lipinski definition) is 3. The van der Waals surface area contributed by atoms with Crippen LogP contribution in [-0.2, 0) is 0 Å². The SMILES string of the molecule is CCC(CC)N(CC(C)C)C1CCC(C#N)(NC)C1. The molecule has 1 rings (SSSR count). The van der Waals surface area contributed by atoms with Crippen LogP contribution in [0, 0.1) is 17.2 Å². The highest BCUT2D eigenvalue weighted by molar-refractivity contribution is 5.13. The Labute approximate surface area is 119 Å². The summed E-state index contributed by atoms with van der Waals surface area (Å²) in [6, 6.07) is 3.74. The molecular weight excluding hydrogens is 234 g/mol. The molecule has 0 radical (unpaired) electrons. The quantitative estimate of drug-likeness (QED) is 0.768. The molecule has 1 saturated carbocycles. The van der Waals surface area contributed by atoms with Crippen molar-refractivity contribution < 1.29 is 0 Å². The van der Waals surface area contributed by atoms with Crippen LogP contribution in [-0.4, -0.2) is 36.1 Å². The van der Waals surface area contributed by atoms with E-state index in [4.69, 9.17) is 0 Å². The molecule has 2 atom stereocenters. The van der Waals surface area contributed by atoms with Gasteiger partial charge < -0.3 is 5.32 Å². The van der Waals surface area contributed by atoms with Gasteiger partial charge in [-0.15, -0.1) is 0 Å². The fraction of sp³-hybridized carbons (Fsp3) is 0.938. The van der Waals surface area contributed by atoms with Crippen molar-refractivity contribution in [3.8, 4) is 6.07 Å². The van der Waals surface area contributed by atoms with E-state index in [9.17, 15) is 5.26 Å².